The highest BCUT2D eigenvalue weighted by atomic mass is 35.5. The molecule has 0 radical (unpaired) electrons. The molecule has 0 spiro atoms. The van der Waals surface area contributed by atoms with Crippen LogP contribution in [0.1, 0.15) is 10.4 Å². The fourth-order valence-electron chi connectivity index (χ4n) is 1.76. The van der Waals surface area contributed by atoms with Gasteiger partial charge >= 0.3 is 5.97 Å². The van der Waals surface area contributed by atoms with Gasteiger partial charge < -0.3 is 14.6 Å². The molecule has 122 valence electrons. The standard InChI is InChI=1S/C15H10Cl4O4/c16-8-1-2-13(10(5-8)15(20)21)22-3-4-23-14-11(18)6-9(17)7-12(14)19/h1-2,5-7H,3-4H2,(H,20,21). The highest BCUT2D eigenvalue weighted by Gasteiger charge is 2.13. The lowest BCUT2D eigenvalue weighted by atomic mass is 10.2. The maximum absolute atomic E-state index is 11.1. The van der Waals surface area contributed by atoms with Crippen LogP contribution in [0.5, 0.6) is 11.5 Å². The van der Waals surface area contributed by atoms with Gasteiger partial charge in [-0.1, -0.05) is 46.4 Å². The Morgan fingerprint density at radius 3 is 2.13 bits per heavy atom. The van der Waals surface area contributed by atoms with Crippen molar-refractivity contribution in [1.29, 1.82) is 0 Å². The van der Waals surface area contributed by atoms with Crippen LogP contribution in [0.25, 0.3) is 0 Å². The third-order valence-electron chi connectivity index (χ3n) is 2.72. The van der Waals surface area contributed by atoms with Crippen LogP contribution >= 0.6 is 46.4 Å². The summed E-state index contributed by atoms with van der Waals surface area (Å²) in [6, 6.07) is 7.35. The Morgan fingerprint density at radius 2 is 1.52 bits per heavy atom. The molecule has 1 N–H and O–H groups in total. The van der Waals surface area contributed by atoms with Crippen LogP contribution < -0.4 is 9.47 Å². The van der Waals surface area contributed by atoms with Crippen molar-refractivity contribution in [3.8, 4) is 11.5 Å². The van der Waals surface area contributed by atoms with Crippen molar-refractivity contribution in [2.75, 3.05) is 13.2 Å². The quantitative estimate of drug-likeness (QED) is 0.660. The number of carbonyl (C=O) groups is 1. The van der Waals surface area contributed by atoms with Crippen LogP contribution in [-0.4, -0.2) is 24.3 Å². The molecule has 0 aliphatic heterocycles. The normalized spacial score (nSPS) is 10.4. The Hall–Kier alpha value is -1.33. The summed E-state index contributed by atoms with van der Waals surface area (Å²) in [5.41, 5.74) is -0.0277. The summed E-state index contributed by atoms with van der Waals surface area (Å²) < 4.78 is 10.8. The van der Waals surface area contributed by atoms with Crippen molar-refractivity contribution in [3.63, 3.8) is 0 Å². The van der Waals surface area contributed by atoms with Gasteiger partial charge in [-0.15, -0.1) is 0 Å². The summed E-state index contributed by atoms with van der Waals surface area (Å²) in [5, 5.41) is 10.4. The molecule has 2 aromatic carbocycles. The van der Waals surface area contributed by atoms with Crippen molar-refractivity contribution >= 4 is 52.4 Å². The molecule has 0 heterocycles. The summed E-state index contributed by atoms with van der Waals surface area (Å²) in [6.07, 6.45) is 0. The third-order valence-corrected chi connectivity index (χ3v) is 3.74. The van der Waals surface area contributed by atoms with Gasteiger partial charge in [0.05, 0.1) is 10.0 Å². The maximum atomic E-state index is 11.1. The van der Waals surface area contributed by atoms with E-state index >= 15 is 0 Å². The Labute approximate surface area is 152 Å². The van der Waals surface area contributed by atoms with Gasteiger partial charge in [0.15, 0.2) is 5.75 Å². The minimum Gasteiger partial charge on any atom is -0.489 e. The highest BCUT2D eigenvalue weighted by Crippen LogP contribution is 2.35. The van der Waals surface area contributed by atoms with Gasteiger partial charge in [0.25, 0.3) is 0 Å². The van der Waals surface area contributed by atoms with E-state index in [4.69, 9.17) is 61.0 Å². The minimum atomic E-state index is -1.13. The van der Waals surface area contributed by atoms with Gasteiger partial charge in [0.1, 0.15) is 24.5 Å². The molecular formula is C15H10Cl4O4. The fraction of sp³-hybridized carbons (Fsp3) is 0.133. The van der Waals surface area contributed by atoms with E-state index in [1.54, 1.807) is 0 Å². The molecule has 0 aliphatic rings. The summed E-state index contributed by atoms with van der Waals surface area (Å²) in [4.78, 5) is 11.1. The fourth-order valence-corrected chi connectivity index (χ4v) is 2.86. The van der Waals surface area contributed by atoms with Crippen LogP contribution in [0, 0.1) is 0 Å². The van der Waals surface area contributed by atoms with Crippen LogP contribution in [0.2, 0.25) is 20.1 Å². The summed E-state index contributed by atoms with van der Waals surface area (Å²) in [6.45, 7) is 0.208. The number of halogens is 4. The van der Waals surface area contributed by atoms with Crippen molar-refractivity contribution < 1.29 is 19.4 Å². The van der Waals surface area contributed by atoms with Crippen molar-refractivity contribution in [2.24, 2.45) is 0 Å². The second-order valence-corrected chi connectivity index (χ2v) is 6.03. The number of carboxylic acid groups (broad SMARTS) is 1. The number of aromatic carboxylic acids is 1. The monoisotopic (exact) mass is 394 g/mol. The van der Waals surface area contributed by atoms with Crippen LogP contribution in [-0.2, 0) is 0 Å². The zero-order valence-electron chi connectivity index (χ0n) is 11.5. The lowest BCUT2D eigenvalue weighted by Gasteiger charge is -2.12. The first kappa shape index (κ1) is 18.0. The van der Waals surface area contributed by atoms with Gasteiger partial charge in [-0.2, -0.15) is 0 Å². The SMILES string of the molecule is O=C(O)c1cc(Cl)ccc1OCCOc1c(Cl)cc(Cl)cc1Cl. The number of carboxylic acids is 1. The molecule has 0 bridgehead atoms. The van der Waals surface area contributed by atoms with Gasteiger partial charge in [-0.3, -0.25) is 0 Å². The number of hydrogen-bond donors (Lipinski definition) is 1. The molecule has 0 aromatic heterocycles. The average Bonchev–Trinajstić information content (AvgIpc) is 2.46. The molecule has 8 heteroatoms. The van der Waals surface area contributed by atoms with Crippen molar-refractivity contribution in [2.45, 2.75) is 0 Å². The van der Waals surface area contributed by atoms with E-state index in [-0.39, 0.29) is 40.3 Å². The van der Waals surface area contributed by atoms with Gasteiger partial charge in [-0.25, -0.2) is 4.79 Å². The van der Waals surface area contributed by atoms with Crippen LogP contribution in [0.3, 0.4) is 0 Å². The second-order valence-electron chi connectivity index (χ2n) is 4.34. The molecule has 0 saturated heterocycles. The van der Waals surface area contributed by atoms with Crippen molar-refractivity contribution in [1.82, 2.24) is 0 Å². The molecule has 4 nitrogen and oxygen atoms in total. The second kappa shape index (κ2) is 7.97. The molecular weight excluding hydrogens is 386 g/mol. The zero-order chi connectivity index (χ0) is 17.0. The number of hydrogen-bond acceptors (Lipinski definition) is 3. The number of rotatable bonds is 6. The van der Waals surface area contributed by atoms with E-state index in [9.17, 15) is 4.79 Å². The molecule has 2 rings (SSSR count). The first-order chi connectivity index (χ1) is 10.9. The topological polar surface area (TPSA) is 55.8 Å². The Bertz CT molecular complexity index is 710. The minimum absolute atomic E-state index is 0.0277. The molecule has 23 heavy (non-hydrogen) atoms. The predicted octanol–water partition coefficient (Wildman–Crippen LogP) is 5.46. The molecule has 0 fully saturated rings. The molecule has 0 amide bonds. The predicted molar refractivity (Wildman–Crippen MR) is 90.9 cm³/mol. The number of ether oxygens (including phenoxy) is 2. The van der Waals surface area contributed by atoms with Crippen molar-refractivity contribution in [3.05, 3.63) is 56.0 Å². The Kier molecular flexibility index (Phi) is 6.25. The van der Waals surface area contributed by atoms with Gasteiger partial charge in [-0.05, 0) is 30.3 Å². The third kappa shape index (κ3) is 4.82. The first-order valence-corrected chi connectivity index (χ1v) is 7.82. The lowest BCUT2D eigenvalue weighted by Crippen LogP contribution is -2.11. The van der Waals surface area contributed by atoms with Crippen LogP contribution in [0.15, 0.2) is 30.3 Å². The van der Waals surface area contributed by atoms with E-state index < -0.39 is 5.97 Å². The highest BCUT2D eigenvalue weighted by molar-refractivity contribution is 6.40. The Morgan fingerprint density at radius 1 is 0.913 bits per heavy atom. The largest absolute Gasteiger partial charge is 0.489 e. The zero-order valence-corrected chi connectivity index (χ0v) is 14.5. The molecule has 0 saturated carbocycles. The smallest absolute Gasteiger partial charge is 0.339 e. The van der Waals surface area contributed by atoms with Gasteiger partial charge in [0.2, 0.25) is 0 Å². The summed E-state index contributed by atoms with van der Waals surface area (Å²) >= 11 is 23.5. The molecule has 0 unspecified atom stereocenters. The van der Waals surface area contributed by atoms with E-state index in [2.05, 4.69) is 0 Å². The number of benzene rings is 2. The van der Waals surface area contributed by atoms with Crippen LogP contribution in [0.4, 0.5) is 0 Å². The van der Waals surface area contributed by atoms with E-state index in [1.165, 1.54) is 30.3 Å². The lowest BCUT2D eigenvalue weighted by molar-refractivity contribution is 0.0691. The van der Waals surface area contributed by atoms with Gasteiger partial charge in [0, 0.05) is 10.0 Å². The first-order valence-electron chi connectivity index (χ1n) is 6.31. The summed E-state index contributed by atoms with van der Waals surface area (Å²) in [5.74, 6) is -0.651. The molecule has 0 aliphatic carbocycles. The molecule has 0 atom stereocenters. The Balaban J connectivity index is 1.98. The van der Waals surface area contributed by atoms with E-state index in [1.807, 2.05) is 0 Å². The maximum Gasteiger partial charge on any atom is 0.339 e. The van der Waals surface area contributed by atoms with E-state index in [0.29, 0.717) is 10.0 Å². The van der Waals surface area contributed by atoms with E-state index in [0.717, 1.165) is 0 Å². The summed E-state index contributed by atoms with van der Waals surface area (Å²) in [7, 11) is 0. The molecule has 2 aromatic rings. The average molecular weight is 396 g/mol.